The average Bonchev–Trinajstić information content (AvgIpc) is 3.01. The fourth-order valence-electron chi connectivity index (χ4n) is 3.14. The van der Waals surface area contributed by atoms with Gasteiger partial charge in [-0.1, -0.05) is 0 Å². The molecular weight excluding hydrogens is 375 g/mol. The van der Waals surface area contributed by atoms with Crippen LogP contribution >= 0.6 is 0 Å². The van der Waals surface area contributed by atoms with E-state index in [0.717, 1.165) is 0 Å². The molecule has 1 atom stereocenters. The van der Waals surface area contributed by atoms with E-state index in [1.165, 1.54) is 41.3 Å². The third kappa shape index (κ3) is 3.60. The second kappa shape index (κ2) is 6.82. The zero-order valence-corrected chi connectivity index (χ0v) is 15.0. The van der Waals surface area contributed by atoms with Gasteiger partial charge in [-0.05, 0) is 36.4 Å². The molecule has 0 radical (unpaired) electrons. The molecule has 0 spiro atoms. The zero-order valence-electron chi connectivity index (χ0n) is 14.2. The lowest BCUT2D eigenvalue weighted by Crippen LogP contribution is -2.37. The predicted octanol–water partition coefficient (Wildman–Crippen LogP) is 1.68. The largest absolute Gasteiger partial charge is 0.486 e. The van der Waals surface area contributed by atoms with Crippen LogP contribution in [0.15, 0.2) is 47.4 Å². The van der Waals surface area contributed by atoms with E-state index in [2.05, 4.69) is 4.72 Å². The van der Waals surface area contributed by atoms with Gasteiger partial charge in [-0.25, -0.2) is 17.5 Å². The van der Waals surface area contributed by atoms with Crippen molar-refractivity contribution in [1.82, 2.24) is 4.72 Å². The van der Waals surface area contributed by atoms with Crippen LogP contribution < -0.4 is 19.1 Å². The van der Waals surface area contributed by atoms with Crippen LogP contribution in [0.4, 0.5) is 10.1 Å². The fraction of sp³-hybridized carbons (Fsp3) is 0.278. The minimum absolute atomic E-state index is 0.0289. The number of benzene rings is 2. The maximum Gasteiger partial charge on any atom is 0.241 e. The number of rotatable bonds is 4. The number of nitrogens with zero attached hydrogens (tertiary/aromatic N) is 1. The number of ether oxygens (including phenoxy) is 2. The van der Waals surface area contributed by atoms with Crippen molar-refractivity contribution in [3.63, 3.8) is 0 Å². The highest BCUT2D eigenvalue weighted by Crippen LogP contribution is 2.32. The van der Waals surface area contributed by atoms with Gasteiger partial charge in [-0.3, -0.25) is 4.79 Å². The first-order valence-electron chi connectivity index (χ1n) is 8.40. The van der Waals surface area contributed by atoms with Crippen molar-refractivity contribution in [3.8, 4) is 11.5 Å². The maximum atomic E-state index is 13.1. The average molecular weight is 392 g/mol. The Morgan fingerprint density at radius 1 is 1.04 bits per heavy atom. The second-order valence-corrected chi connectivity index (χ2v) is 8.02. The van der Waals surface area contributed by atoms with Gasteiger partial charge in [0.1, 0.15) is 19.0 Å². The van der Waals surface area contributed by atoms with Crippen molar-refractivity contribution in [2.75, 3.05) is 24.7 Å². The monoisotopic (exact) mass is 392 g/mol. The van der Waals surface area contributed by atoms with Gasteiger partial charge in [-0.15, -0.1) is 0 Å². The number of halogens is 1. The quantitative estimate of drug-likeness (QED) is 0.856. The van der Waals surface area contributed by atoms with Crippen molar-refractivity contribution in [1.29, 1.82) is 0 Å². The van der Waals surface area contributed by atoms with Crippen molar-refractivity contribution in [2.24, 2.45) is 0 Å². The van der Waals surface area contributed by atoms with Crippen LogP contribution in [0.25, 0.3) is 0 Å². The molecule has 2 aromatic rings. The van der Waals surface area contributed by atoms with E-state index in [0.29, 0.717) is 30.4 Å². The Morgan fingerprint density at radius 3 is 2.48 bits per heavy atom. The van der Waals surface area contributed by atoms with Gasteiger partial charge in [0.15, 0.2) is 11.5 Å². The highest BCUT2D eigenvalue weighted by atomic mass is 32.2. The Morgan fingerprint density at radius 2 is 1.74 bits per heavy atom. The minimum atomic E-state index is -3.84. The Labute approximate surface area is 155 Å². The number of carbonyl (C=O) groups excluding carboxylic acids is 1. The normalized spacial score (nSPS) is 19.4. The highest BCUT2D eigenvalue weighted by molar-refractivity contribution is 7.89. The first-order valence-corrected chi connectivity index (χ1v) is 9.89. The van der Waals surface area contributed by atoms with E-state index in [4.69, 9.17) is 9.47 Å². The lowest BCUT2D eigenvalue weighted by molar-refractivity contribution is -0.117. The van der Waals surface area contributed by atoms with Gasteiger partial charge >= 0.3 is 0 Å². The zero-order chi connectivity index (χ0) is 19.0. The number of sulfonamides is 1. The Bertz CT molecular complexity index is 978. The summed E-state index contributed by atoms with van der Waals surface area (Å²) in [6.07, 6.45) is 0.0289. The lowest BCUT2D eigenvalue weighted by atomic mass is 10.3. The molecule has 1 amide bonds. The summed E-state index contributed by atoms with van der Waals surface area (Å²) in [6, 6.07) is 9.31. The minimum Gasteiger partial charge on any atom is -0.486 e. The van der Waals surface area contributed by atoms with Gasteiger partial charge < -0.3 is 14.4 Å². The number of nitrogens with one attached hydrogen (secondary N) is 1. The molecule has 7 nitrogen and oxygen atoms in total. The van der Waals surface area contributed by atoms with Gasteiger partial charge in [0.2, 0.25) is 15.9 Å². The molecule has 0 aliphatic carbocycles. The third-order valence-corrected chi connectivity index (χ3v) is 5.93. The SMILES string of the molecule is O=C1C[C@H](NS(=O)(=O)c2ccc3c(c2)OCCO3)CN1c1ccc(F)cc1. The molecule has 9 heteroatoms. The predicted molar refractivity (Wildman–Crippen MR) is 94.9 cm³/mol. The molecule has 0 unspecified atom stereocenters. The van der Waals surface area contributed by atoms with Crippen LogP contribution in [-0.2, 0) is 14.8 Å². The second-order valence-electron chi connectivity index (χ2n) is 6.31. The topological polar surface area (TPSA) is 84.9 Å². The molecule has 1 N–H and O–H groups in total. The number of fused-ring (bicyclic) bond motifs is 1. The van der Waals surface area contributed by atoms with Crippen molar-refractivity contribution in [3.05, 3.63) is 48.3 Å². The van der Waals surface area contributed by atoms with Crippen LogP contribution in [0.5, 0.6) is 11.5 Å². The van der Waals surface area contributed by atoms with E-state index in [1.54, 1.807) is 6.07 Å². The van der Waals surface area contributed by atoms with Crippen molar-refractivity contribution < 1.29 is 27.1 Å². The number of hydrogen-bond acceptors (Lipinski definition) is 5. The van der Waals surface area contributed by atoms with Crippen LogP contribution in [0.1, 0.15) is 6.42 Å². The molecular formula is C18H17FN2O5S. The molecule has 0 saturated carbocycles. The van der Waals surface area contributed by atoms with Crippen molar-refractivity contribution >= 4 is 21.6 Å². The summed E-state index contributed by atoms with van der Waals surface area (Å²) in [4.78, 5) is 13.7. The number of hydrogen-bond donors (Lipinski definition) is 1. The Balaban J connectivity index is 1.50. The summed E-state index contributed by atoms with van der Waals surface area (Å²) in [7, 11) is -3.84. The molecule has 2 aromatic carbocycles. The highest BCUT2D eigenvalue weighted by Gasteiger charge is 2.34. The number of anilines is 1. The van der Waals surface area contributed by atoms with E-state index >= 15 is 0 Å². The molecule has 27 heavy (non-hydrogen) atoms. The van der Waals surface area contributed by atoms with Gasteiger partial charge in [-0.2, -0.15) is 0 Å². The van der Waals surface area contributed by atoms with E-state index < -0.39 is 21.9 Å². The first kappa shape index (κ1) is 17.7. The van der Waals surface area contributed by atoms with E-state index in [9.17, 15) is 17.6 Å². The van der Waals surface area contributed by atoms with Gasteiger partial charge in [0.25, 0.3) is 0 Å². The van der Waals surface area contributed by atoms with Crippen LogP contribution in [0, 0.1) is 5.82 Å². The molecule has 2 heterocycles. The van der Waals surface area contributed by atoms with Crippen LogP contribution in [-0.4, -0.2) is 40.1 Å². The smallest absolute Gasteiger partial charge is 0.241 e. The van der Waals surface area contributed by atoms with E-state index in [-0.39, 0.29) is 23.8 Å². The number of carbonyl (C=O) groups is 1. The van der Waals surface area contributed by atoms with Crippen LogP contribution in [0.2, 0.25) is 0 Å². The van der Waals surface area contributed by atoms with Crippen molar-refractivity contribution in [2.45, 2.75) is 17.4 Å². The summed E-state index contributed by atoms with van der Waals surface area (Å²) >= 11 is 0. The van der Waals surface area contributed by atoms with Crippen LogP contribution in [0.3, 0.4) is 0 Å². The standard InChI is InChI=1S/C18H17FN2O5S/c19-12-1-3-14(4-2-12)21-11-13(9-18(21)22)20-27(23,24)15-5-6-16-17(10-15)26-8-7-25-16/h1-6,10,13,20H,7-9,11H2/t13-/m0/s1. The Hall–Kier alpha value is -2.65. The molecule has 142 valence electrons. The molecule has 0 aromatic heterocycles. The molecule has 2 aliphatic rings. The Kier molecular flexibility index (Phi) is 4.48. The lowest BCUT2D eigenvalue weighted by Gasteiger charge is -2.20. The summed E-state index contributed by atoms with van der Waals surface area (Å²) < 4.78 is 51.8. The number of amides is 1. The summed E-state index contributed by atoms with van der Waals surface area (Å²) in [5.74, 6) is 0.246. The maximum absolute atomic E-state index is 13.1. The molecule has 4 rings (SSSR count). The summed E-state index contributed by atoms with van der Waals surface area (Å²) in [6.45, 7) is 0.947. The van der Waals surface area contributed by atoms with Gasteiger partial charge in [0.05, 0.1) is 4.90 Å². The molecule has 0 bridgehead atoms. The fourth-order valence-corrected chi connectivity index (χ4v) is 4.38. The van der Waals surface area contributed by atoms with E-state index in [1.807, 2.05) is 0 Å². The molecule has 1 fully saturated rings. The molecule has 1 saturated heterocycles. The third-order valence-electron chi connectivity index (χ3n) is 4.41. The molecule has 2 aliphatic heterocycles. The first-order chi connectivity index (χ1) is 12.9. The summed E-state index contributed by atoms with van der Waals surface area (Å²) in [5.41, 5.74) is 0.530. The van der Waals surface area contributed by atoms with Gasteiger partial charge in [0, 0.05) is 30.8 Å². The summed E-state index contributed by atoms with van der Waals surface area (Å²) in [5, 5.41) is 0.